The maximum Gasteiger partial charge on any atom is 0.0603 e. The molecule has 84 valence electrons. The predicted octanol–water partition coefficient (Wildman–Crippen LogP) is 0.818. The standard InChI is InChI=1S/C11H24N2O/c1-11(2,14)5-7-13-6-3-4-10(8-12)9-13/h10,14H,3-9,12H2,1-2H3. The van der Waals surface area contributed by atoms with Gasteiger partial charge in [-0.3, -0.25) is 0 Å². The quantitative estimate of drug-likeness (QED) is 0.706. The van der Waals surface area contributed by atoms with Crippen LogP contribution in [-0.2, 0) is 0 Å². The van der Waals surface area contributed by atoms with E-state index in [1.807, 2.05) is 13.8 Å². The molecule has 0 spiro atoms. The van der Waals surface area contributed by atoms with E-state index in [2.05, 4.69) is 4.90 Å². The average Bonchev–Trinajstić information content (AvgIpc) is 2.14. The Labute approximate surface area is 87.3 Å². The van der Waals surface area contributed by atoms with Gasteiger partial charge in [-0.15, -0.1) is 0 Å². The van der Waals surface area contributed by atoms with Gasteiger partial charge in [0.2, 0.25) is 0 Å². The lowest BCUT2D eigenvalue weighted by atomic mass is 9.97. The highest BCUT2D eigenvalue weighted by Gasteiger charge is 2.20. The maximum atomic E-state index is 9.62. The van der Waals surface area contributed by atoms with Gasteiger partial charge in [0.05, 0.1) is 5.60 Å². The zero-order valence-electron chi connectivity index (χ0n) is 9.50. The second kappa shape index (κ2) is 5.10. The lowest BCUT2D eigenvalue weighted by Gasteiger charge is -2.33. The van der Waals surface area contributed by atoms with Crippen LogP contribution in [0.25, 0.3) is 0 Å². The van der Waals surface area contributed by atoms with Crippen molar-refractivity contribution in [2.24, 2.45) is 11.7 Å². The molecule has 1 rings (SSSR count). The fraction of sp³-hybridized carbons (Fsp3) is 1.00. The molecule has 1 aliphatic rings. The number of aliphatic hydroxyl groups is 1. The molecule has 1 atom stereocenters. The topological polar surface area (TPSA) is 49.5 Å². The van der Waals surface area contributed by atoms with Crippen LogP contribution in [0, 0.1) is 5.92 Å². The van der Waals surface area contributed by atoms with Crippen LogP contribution in [0.15, 0.2) is 0 Å². The van der Waals surface area contributed by atoms with E-state index >= 15 is 0 Å². The van der Waals surface area contributed by atoms with Crippen LogP contribution in [-0.4, -0.2) is 41.8 Å². The Balaban J connectivity index is 2.24. The van der Waals surface area contributed by atoms with Crippen molar-refractivity contribution < 1.29 is 5.11 Å². The summed E-state index contributed by atoms with van der Waals surface area (Å²) in [5.74, 6) is 0.672. The lowest BCUT2D eigenvalue weighted by molar-refractivity contribution is 0.0509. The Morgan fingerprint density at radius 3 is 2.79 bits per heavy atom. The van der Waals surface area contributed by atoms with Crippen LogP contribution in [0.1, 0.15) is 33.1 Å². The van der Waals surface area contributed by atoms with E-state index in [1.165, 1.54) is 19.4 Å². The Hall–Kier alpha value is -0.120. The Kier molecular flexibility index (Phi) is 4.35. The summed E-state index contributed by atoms with van der Waals surface area (Å²) in [7, 11) is 0. The molecule has 0 saturated carbocycles. The van der Waals surface area contributed by atoms with E-state index in [4.69, 9.17) is 5.73 Å². The number of rotatable bonds is 4. The van der Waals surface area contributed by atoms with Crippen molar-refractivity contribution in [1.29, 1.82) is 0 Å². The number of hydrogen-bond donors (Lipinski definition) is 2. The summed E-state index contributed by atoms with van der Waals surface area (Å²) < 4.78 is 0. The third-order valence-corrected chi connectivity index (χ3v) is 2.98. The molecule has 0 amide bonds. The molecule has 14 heavy (non-hydrogen) atoms. The van der Waals surface area contributed by atoms with Gasteiger partial charge < -0.3 is 15.7 Å². The summed E-state index contributed by atoms with van der Waals surface area (Å²) in [5, 5.41) is 9.62. The minimum Gasteiger partial charge on any atom is -0.390 e. The smallest absolute Gasteiger partial charge is 0.0603 e. The fourth-order valence-corrected chi connectivity index (χ4v) is 1.98. The highest BCUT2D eigenvalue weighted by atomic mass is 16.3. The molecular formula is C11H24N2O. The van der Waals surface area contributed by atoms with Crippen LogP contribution in [0.3, 0.4) is 0 Å². The molecule has 1 saturated heterocycles. The SMILES string of the molecule is CC(C)(O)CCN1CCCC(CN)C1. The van der Waals surface area contributed by atoms with Gasteiger partial charge in [0.15, 0.2) is 0 Å². The molecule has 0 aliphatic carbocycles. The van der Waals surface area contributed by atoms with Crippen LogP contribution in [0.5, 0.6) is 0 Å². The Morgan fingerprint density at radius 2 is 2.21 bits per heavy atom. The molecule has 1 aliphatic heterocycles. The largest absolute Gasteiger partial charge is 0.390 e. The number of likely N-dealkylation sites (tertiary alicyclic amines) is 1. The third-order valence-electron chi connectivity index (χ3n) is 2.98. The highest BCUT2D eigenvalue weighted by molar-refractivity contribution is 4.76. The molecule has 0 aromatic heterocycles. The minimum atomic E-state index is -0.532. The first-order valence-electron chi connectivity index (χ1n) is 5.66. The minimum absolute atomic E-state index is 0.532. The molecule has 3 nitrogen and oxygen atoms in total. The summed E-state index contributed by atoms with van der Waals surface area (Å²) in [5.41, 5.74) is 5.14. The molecule has 1 unspecified atom stereocenters. The van der Waals surface area contributed by atoms with Crippen LogP contribution >= 0.6 is 0 Å². The maximum absolute atomic E-state index is 9.62. The first-order valence-corrected chi connectivity index (χ1v) is 5.66. The van der Waals surface area contributed by atoms with Crippen molar-refractivity contribution in [2.45, 2.75) is 38.7 Å². The van der Waals surface area contributed by atoms with E-state index in [1.54, 1.807) is 0 Å². The van der Waals surface area contributed by atoms with Crippen LogP contribution in [0.4, 0.5) is 0 Å². The van der Waals surface area contributed by atoms with Gasteiger partial charge in [-0.05, 0) is 52.1 Å². The zero-order valence-corrected chi connectivity index (χ0v) is 9.50. The second-order valence-electron chi connectivity index (χ2n) is 5.11. The van der Waals surface area contributed by atoms with Crippen LogP contribution < -0.4 is 5.73 Å². The van der Waals surface area contributed by atoms with Crippen molar-refractivity contribution in [3.8, 4) is 0 Å². The van der Waals surface area contributed by atoms with Gasteiger partial charge in [0, 0.05) is 13.1 Å². The summed E-state index contributed by atoms with van der Waals surface area (Å²) in [6.07, 6.45) is 3.38. The lowest BCUT2D eigenvalue weighted by Crippen LogP contribution is -2.40. The molecule has 3 N–H and O–H groups in total. The number of piperidine rings is 1. The van der Waals surface area contributed by atoms with Gasteiger partial charge >= 0.3 is 0 Å². The van der Waals surface area contributed by atoms with Crippen molar-refractivity contribution in [1.82, 2.24) is 4.90 Å². The van der Waals surface area contributed by atoms with Gasteiger partial charge in [-0.2, -0.15) is 0 Å². The third kappa shape index (κ3) is 4.40. The predicted molar refractivity (Wildman–Crippen MR) is 59.1 cm³/mol. The van der Waals surface area contributed by atoms with Crippen molar-refractivity contribution in [2.75, 3.05) is 26.2 Å². The normalized spacial score (nSPS) is 25.3. The molecule has 0 bridgehead atoms. The molecule has 1 heterocycles. The Morgan fingerprint density at radius 1 is 1.50 bits per heavy atom. The van der Waals surface area contributed by atoms with Gasteiger partial charge in [0.25, 0.3) is 0 Å². The average molecular weight is 200 g/mol. The molecule has 0 aromatic rings. The molecule has 0 aromatic carbocycles. The summed E-state index contributed by atoms with van der Waals surface area (Å²) >= 11 is 0. The van der Waals surface area contributed by atoms with Crippen molar-refractivity contribution in [3.63, 3.8) is 0 Å². The van der Waals surface area contributed by atoms with Crippen LogP contribution in [0.2, 0.25) is 0 Å². The molecular weight excluding hydrogens is 176 g/mol. The number of nitrogens with zero attached hydrogens (tertiary/aromatic N) is 1. The van der Waals surface area contributed by atoms with E-state index in [-0.39, 0.29) is 0 Å². The molecule has 1 fully saturated rings. The summed E-state index contributed by atoms with van der Waals surface area (Å²) in [6, 6.07) is 0. The highest BCUT2D eigenvalue weighted by Crippen LogP contribution is 2.17. The van der Waals surface area contributed by atoms with E-state index < -0.39 is 5.60 Å². The van der Waals surface area contributed by atoms with Crippen molar-refractivity contribution >= 4 is 0 Å². The summed E-state index contributed by atoms with van der Waals surface area (Å²) in [4.78, 5) is 2.43. The number of nitrogens with two attached hydrogens (primary N) is 1. The van der Waals surface area contributed by atoms with E-state index in [0.29, 0.717) is 5.92 Å². The van der Waals surface area contributed by atoms with Gasteiger partial charge in [-0.25, -0.2) is 0 Å². The van der Waals surface area contributed by atoms with E-state index in [0.717, 1.165) is 26.1 Å². The van der Waals surface area contributed by atoms with Gasteiger partial charge in [0.1, 0.15) is 0 Å². The first kappa shape index (κ1) is 12.0. The Bertz CT molecular complexity index is 165. The molecule has 3 heteroatoms. The van der Waals surface area contributed by atoms with Crippen molar-refractivity contribution in [3.05, 3.63) is 0 Å². The fourth-order valence-electron chi connectivity index (χ4n) is 1.98. The first-order chi connectivity index (χ1) is 6.51. The van der Waals surface area contributed by atoms with Gasteiger partial charge in [-0.1, -0.05) is 0 Å². The second-order valence-corrected chi connectivity index (χ2v) is 5.11. The summed E-state index contributed by atoms with van der Waals surface area (Å²) in [6.45, 7) is 7.84. The monoisotopic (exact) mass is 200 g/mol. The zero-order chi connectivity index (χ0) is 10.6. The number of hydrogen-bond acceptors (Lipinski definition) is 3. The van der Waals surface area contributed by atoms with E-state index in [9.17, 15) is 5.11 Å². The molecule has 0 radical (unpaired) electrons.